The molecule has 0 aliphatic carbocycles. The predicted molar refractivity (Wildman–Crippen MR) is 71.2 cm³/mol. The summed E-state index contributed by atoms with van der Waals surface area (Å²) in [5.41, 5.74) is -0.268. The maximum absolute atomic E-state index is 11.1. The summed E-state index contributed by atoms with van der Waals surface area (Å²) in [6.07, 6.45) is 0.132. The van der Waals surface area contributed by atoms with Crippen molar-refractivity contribution in [1.29, 1.82) is 0 Å². The van der Waals surface area contributed by atoms with E-state index in [4.69, 9.17) is 14.0 Å². The number of nitrogens with zero attached hydrogens (tertiary/aromatic N) is 1. The minimum atomic E-state index is -4.05. The Balaban J connectivity index is 2.50. The molecule has 0 amide bonds. The van der Waals surface area contributed by atoms with Crippen LogP contribution in [-0.4, -0.2) is 26.2 Å². The predicted octanol–water partition coefficient (Wildman–Crippen LogP) is 2.17. The van der Waals surface area contributed by atoms with Crippen LogP contribution in [0.25, 0.3) is 11.5 Å². The number of aryl methyl sites for hydroxylation is 2. The van der Waals surface area contributed by atoms with E-state index in [1.54, 1.807) is 0 Å². The van der Waals surface area contributed by atoms with Crippen LogP contribution in [-0.2, 0) is 20.7 Å². The van der Waals surface area contributed by atoms with E-state index in [1.807, 2.05) is 0 Å². The third-order valence-corrected chi connectivity index (χ3v) is 2.48. The van der Waals surface area contributed by atoms with Crippen molar-refractivity contribution in [3.05, 3.63) is 41.7 Å². The SMILES string of the molecule is [2H]c1c([2H])c([2H])c(-c2nc(CC([2H])([2H])OS(C)(=O)=O)c(C)o2)c([2H])c1[2H]. The van der Waals surface area contributed by atoms with Crippen LogP contribution in [0.1, 0.15) is 21.0 Å². The van der Waals surface area contributed by atoms with Crippen LogP contribution in [0.5, 0.6) is 0 Å². The largest absolute Gasteiger partial charge is 0.441 e. The average Bonchev–Trinajstić information content (AvgIpc) is 2.80. The van der Waals surface area contributed by atoms with E-state index in [-0.39, 0.29) is 22.9 Å². The third-order valence-electron chi connectivity index (χ3n) is 2.06. The molecule has 0 spiro atoms. The Hall–Kier alpha value is -1.66. The van der Waals surface area contributed by atoms with Crippen molar-refractivity contribution in [1.82, 2.24) is 4.98 Å². The maximum Gasteiger partial charge on any atom is 0.264 e. The molecule has 6 heteroatoms. The van der Waals surface area contributed by atoms with Gasteiger partial charge in [-0.15, -0.1) is 0 Å². The Morgan fingerprint density at radius 1 is 1.42 bits per heavy atom. The standard InChI is InChI=1S/C13H15NO4S/c1-10-12(8-9-17-19(2,15)16)14-13(18-10)11-6-4-3-5-7-11/h3-7H,8-9H2,1-2H3/i3D,4D,5D,6D,7D,9D2. The topological polar surface area (TPSA) is 69.4 Å². The molecule has 0 unspecified atom stereocenters. The second-order valence-electron chi connectivity index (χ2n) is 3.63. The van der Waals surface area contributed by atoms with Gasteiger partial charge in [-0.1, -0.05) is 18.1 Å². The first kappa shape index (κ1) is 7.21. The molecule has 1 aromatic heterocycles. The van der Waals surface area contributed by atoms with E-state index >= 15 is 0 Å². The summed E-state index contributed by atoms with van der Waals surface area (Å²) in [5, 5.41) is 0. The van der Waals surface area contributed by atoms with E-state index in [9.17, 15) is 8.42 Å². The quantitative estimate of drug-likeness (QED) is 0.789. The first-order valence-electron chi connectivity index (χ1n) is 8.67. The highest BCUT2D eigenvalue weighted by Gasteiger charge is 2.12. The fourth-order valence-corrected chi connectivity index (χ4v) is 1.53. The molecule has 1 heterocycles. The number of hydrogen-bond donors (Lipinski definition) is 0. The summed E-state index contributed by atoms with van der Waals surface area (Å²) in [7, 11) is -4.05. The summed E-state index contributed by atoms with van der Waals surface area (Å²) < 4.78 is 85.9. The summed E-state index contributed by atoms with van der Waals surface area (Å²) in [6, 6.07) is -2.72. The van der Waals surface area contributed by atoms with E-state index < -0.39 is 53.3 Å². The minimum Gasteiger partial charge on any atom is -0.441 e. The summed E-state index contributed by atoms with van der Waals surface area (Å²) in [4.78, 5) is 3.98. The summed E-state index contributed by atoms with van der Waals surface area (Å²) in [5.74, 6) is -0.183. The highest BCUT2D eigenvalue weighted by atomic mass is 32.2. The van der Waals surface area contributed by atoms with E-state index in [2.05, 4.69) is 9.17 Å². The molecule has 0 N–H and O–H groups in total. The van der Waals surface area contributed by atoms with Gasteiger partial charge in [-0.05, 0) is 19.0 Å². The van der Waals surface area contributed by atoms with Gasteiger partial charge in [0.1, 0.15) is 5.76 Å². The Labute approximate surface area is 122 Å². The van der Waals surface area contributed by atoms with Gasteiger partial charge in [0.2, 0.25) is 5.89 Å². The summed E-state index contributed by atoms with van der Waals surface area (Å²) >= 11 is 0. The van der Waals surface area contributed by atoms with Crippen LogP contribution < -0.4 is 0 Å². The molecular formula is C13H15NO4S. The lowest BCUT2D eigenvalue weighted by Gasteiger charge is -1.98. The fourth-order valence-electron chi connectivity index (χ4n) is 1.26. The van der Waals surface area contributed by atoms with Gasteiger partial charge >= 0.3 is 0 Å². The van der Waals surface area contributed by atoms with Crippen molar-refractivity contribution in [3.8, 4) is 11.5 Å². The lowest BCUT2D eigenvalue weighted by Crippen LogP contribution is -2.06. The normalized spacial score (nSPS) is 17.7. The highest BCUT2D eigenvalue weighted by molar-refractivity contribution is 7.85. The molecule has 0 saturated heterocycles. The molecule has 0 aliphatic heterocycles. The molecule has 0 radical (unpaired) electrons. The van der Waals surface area contributed by atoms with Gasteiger partial charge in [0.25, 0.3) is 10.1 Å². The first-order chi connectivity index (χ1) is 11.7. The highest BCUT2D eigenvalue weighted by Crippen LogP contribution is 2.21. The number of aromatic nitrogens is 1. The molecule has 2 aromatic rings. The van der Waals surface area contributed by atoms with Gasteiger partial charge in [-0.25, -0.2) is 4.98 Å². The van der Waals surface area contributed by atoms with Crippen molar-refractivity contribution >= 4 is 10.1 Å². The zero-order chi connectivity index (χ0) is 20.0. The van der Waals surface area contributed by atoms with Crippen molar-refractivity contribution in [2.24, 2.45) is 0 Å². The molecule has 0 aliphatic rings. The van der Waals surface area contributed by atoms with Gasteiger partial charge in [0, 0.05) is 12.0 Å². The van der Waals surface area contributed by atoms with Crippen LogP contribution in [0.15, 0.2) is 34.6 Å². The van der Waals surface area contributed by atoms with Gasteiger partial charge in [0.05, 0.1) is 28.1 Å². The molecule has 0 saturated carbocycles. The van der Waals surface area contributed by atoms with Crippen molar-refractivity contribution in [2.75, 3.05) is 12.8 Å². The molecule has 1 aromatic carbocycles. The molecule has 0 atom stereocenters. The van der Waals surface area contributed by atoms with E-state index in [0.29, 0.717) is 6.26 Å². The molecule has 19 heavy (non-hydrogen) atoms. The number of rotatable bonds is 5. The Kier molecular flexibility index (Phi) is 2.10. The Morgan fingerprint density at radius 2 is 2.11 bits per heavy atom. The van der Waals surface area contributed by atoms with Crippen LogP contribution in [0.3, 0.4) is 0 Å². The minimum absolute atomic E-state index is 0.000427. The zero-order valence-electron chi connectivity index (χ0n) is 17.2. The van der Waals surface area contributed by atoms with Gasteiger partial charge in [-0.3, -0.25) is 4.18 Å². The monoisotopic (exact) mass is 288 g/mol. The smallest absolute Gasteiger partial charge is 0.264 e. The maximum atomic E-state index is 11.1. The van der Waals surface area contributed by atoms with Crippen LogP contribution in [0.2, 0.25) is 0 Å². The fraction of sp³-hybridized carbons (Fsp3) is 0.308. The van der Waals surface area contributed by atoms with E-state index in [1.165, 1.54) is 6.92 Å². The first-order valence-corrected chi connectivity index (χ1v) is 6.99. The lowest BCUT2D eigenvalue weighted by atomic mass is 10.2. The summed E-state index contributed by atoms with van der Waals surface area (Å²) in [6.45, 7) is -1.16. The zero-order valence-corrected chi connectivity index (χ0v) is 11.0. The van der Waals surface area contributed by atoms with Crippen LogP contribution in [0, 0.1) is 6.92 Å². The van der Waals surface area contributed by atoms with Gasteiger partial charge < -0.3 is 4.42 Å². The Morgan fingerprint density at radius 3 is 2.74 bits per heavy atom. The van der Waals surface area contributed by atoms with Crippen molar-refractivity contribution < 1.29 is 26.6 Å². The molecule has 102 valence electrons. The second kappa shape index (κ2) is 5.54. The molecule has 0 bridgehead atoms. The molecular weight excluding hydrogens is 266 g/mol. The van der Waals surface area contributed by atoms with Crippen LogP contribution >= 0.6 is 0 Å². The lowest BCUT2D eigenvalue weighted by molar-refractivity contribution is 0.324. The average molecular weight is 288 g/mol. The van der Waals surface area contributed by atoms with Crippen molar-refractivity contribution in [3.63, 3.8) is 0 Å². The molecule has 0 fully saturated rings. The van der Waals surface area contributed by atoms with Gasteiger partial charge in [-0.2, -0.15) is 8.42 Å². The van der Waals surface area contributed by atoms with Gasteiger partial charge in [0.15, 0.2) is 0 Å². The number of hydrogen-bond acceptors (Lipinski definition) is 5. The third kappa shape index (κ3) is 3.90. The number of benzene rings is 1. The molecule has 5 nitrogen and oxygen atoms in total. The number of oxazole rings is 1. The van der Waals surface area contributed by atoms with E-state index in [0.717, 1.165) is 0 Å². The molecule has 2 rings (SSSR count). The Bertz CT molecular complexity index is 942. The second-order valence-corrected chi connectivity index (χ2v) is 5.21. The van der Waals surface area contributed by atoms with Crippen molar-refractivity contribution in [2.45, 2.75) is 13.3 Å². The van der Waals surface area contributed by atoms with Crippen LogP contribution in [0.4, 0.5) is 0 Å².